The highest BCUT2D eigenvalue weighted by Gasteiger charge is 2.01. The standard InChI is InChI=1S/C24H38/c1-7-11-12-13-14-15-17-24(20-22(6)16-8-2)23(10-4)19-18-21(5)9-3/h8-10,16,18-20H,4,7,11-15,17H2,1-3,5-6H3. The molecule has 0 aromatic heterocycles. The second-order valence-electron chi connectivity index (χ2n) is 6.46. The van der Waals surface area contributed by atoms with Crippen molar-refractivity contribution >= 4 is 0 Å². The van der Waals surface area contributed by atoms with Crippen LogP contribution in [0.5, 0.6) is 0 Å². The van der Waals surface area contributed by atoms with Crippen LogP contribution in [0.15, 0.2) is 71.4 Å². The molecule has 0 rings (SSSR count). The molecule has 134 valence electrons. The van der Waals surface area contributed by atoms with Crippen molar-refractivity contribution in [2.24, 2.45) is 0 Å². The molecule has 0 saturated carbocycles. The average Bonchev–Trinajstić information content (AvgIpc) is 2.57. The van der Waals surface area contributed by atoms with Gasteiger partial charge in [0.25, 0.3) is 0 Å². The van der Waals surface area contributed by atoms with Crippen LogP contribution in [0.3, 0.4) is 0 Å². The van der Waals surface area contributed by atoms with Gasteiger partial charge in [0.1, 0.15) is 0 Å². The smallest absolute Gasteiger partial charge is 0.0230 e. The second kappa shape index (κ2) is 15.0. The van der Waals surface area contributed by atoms with Crippen molar-refractivity contribution in [3.05, 3.63) is 71.4 Å². The van der Waals surface area contributed by atoms with E-state index in [2.05, 4.69) is 77.7 Å². The molecule has 0 aromatic rings. The predicted octanol–water partition coefficient (Wildman–Crippen LogP) is 8.26. The van der Waals surface area contributed by atoms with Crippen molar-refractivity contribution in [2.75, 3.05) is 0 Å². The summed E-state index contributed by atoms with van der Waals surface area (Å²) in [7, 11) is 0. The third-order valence-corrected chi connectivity index (χ3v) is 4.20. The SMILES string of the molecule is C=CC(C=CC(C)=CC)=C(C=C(C)C=CC)CCCCCCCC. The van der Waals surface area contributed by atoms with Crippen LogP contribution in [-0.2, 0) is 0 Å². The van der Waals surface area contributed by atoms with Crippen molar-refractivity contribution in [1.82, 2.24) is 0 Å². The lowest BCUT2D eigenvalue weighted by atomic mass is 9.97. The molecule has 0 radical (unpaired) electrons. The molecule has 0 aromatic carbocycles. The lowest BCUT2D eigenvalue weighted by molar-refractivity contribution is 0.608. The average molecular weight is 327 g/mol. The fourth-order valence-corrected chi connectivity index (χ4v) is 2.61. The Kier molecular flexibility index (Phi) is 14.0. The van der Waals surface area contributed by atoms with E-state index >= 15 is 0 Å². The van der Waals surface area contributed by atoms with E-state index in [1.165, 1.54) is 60.8 Å². The topological polar surface area (TPSA) is 0 Å². The molecule has 0 N–H and O–H groups in total. The molecule has 0 spiro atoms. The summed E-state index contributed by atoms with van der Waals surface area (Å²) >= 11 is 0. The van der Waals surface area contributed by atoms with Crippen molar-refractivity contribution in [2.45, 2.75) is 79.6 Å². The molecule has 0 atom stereocenters. The molecule has 0 nitrogen and oxygen atoms in total. The predicted molar refractivity (Wildman–Crippen MR) is 112 cm³/mol. The van der Waals surface area contributed by atoms with Crippen LogP contribution >= 0.6 is 0 Å². The largest absolute Gasteiger partial charge is 0.0985 e. The second-order valence-corrected chi connectivity index (χ2v) is 6.46. The summed E-state index contributed by atoms with van der Waals surface area (Å²) in [6.45, 7) is 14.7. The van der Waals surface area contributed by atoms with Crippen LogP contribution in [0.4, 0.5) is 0 Å². The molecule has 0 fully saturated rings. The Labute approximate surface area is 151 Å². The Bertz CT molecular complexity index is 492. The summed E-state index contributed by atoms with van der Waals surface area (Å²) < 4.78 is 0. The molecule has 24 heavy (non-hydrogen) atoms. The monoisotopic (exact) mass is 326 g/mol. The Balaban J connectivity index is 5.14. The minimum Gasteiger partial charge on any atom is -0.0985 e. The molecule has 0 saturated heterocycles. The van der Waals surface area contributed by atoms with E-state index in [1.807, 2.05) is 6.08 Å². The van der Waals surface area contributed by atoms with Gasteiger partial charge in [0.15, 0.2) is 0 Å². The molecular weight excluding hydrogens is 288 g/mol. The van der Waals surface area contributed by atoms with E-state index in [0.717, 1.165) is 6.42 Å². The first-order valence-electron chi connectivity index (χ1n) is 9.56. The minimum absolute atomic E-state index is 1.13. The molecule has 0 aliphatic heterocycles. The Morgan fingerprint density at radius 1 is 0.833 bits per heavy atom. The Morgan fingerprint density at radius 3 is 2.08 bits per heavy atom. The minimum atomic E-state index is 1.13. The maximum absolute atomic E-state index is 4.03. The number of allylic oxidation sites excluding steroid dienone is 11. The van der Waals surface area contributed by atoms with Crippen molar-refractivity contribution in [3.63, 3.8) is 0 Å². The van der Waals surface area contributed by atoms with E-state index in [0.29, 0.717) is 0 Å². The summed E-state index contributed by atoms with van der Waals surface area (Å²) in [5, 5.41) is 0. The number of unbranched alkanes of at least 4 members (excludes halogenated alkanes) is 5. The molecule has 0 aliphatic rings. The summed E-state index contributed by atoms with van der Waals surface area (Å²) in [4.78, 5) is 0. The first kappa shape index (κ1) is 22.4. The maximum atomic E-state index is 4.03. The summed E-state index contributed by atoms with van der Waals surface area (Å²) in [6.07, 6.45) is 24.2. The fourth-order valence-electron chi connectivity index (χ4n) is 2.61. The highest BCUT2D eigenvalue weighted by atomic mass is 14.1. The molecule has 0 unspecified atom stereocenters. The van der Waals surface area contributed by atoms with Gasteiger partial charge in [0, 0.05) is 0 Å². The van der Waals surface area contributed by atoms with Crippen LogP contribution in [0.25, 0.3) is 0 Å². The van der Waals surface area contributed by atoms with Gasteiger partial charge < -0.3 is 0 Å². The molecule has 0 aliphatic carbocycles. The van der Waals surface area contributed by atoms with Crippen molar-refractivity contribution in [1.29, 1.82) is 0 Å². The summed E-state index contributed by atoms with van der Waals surface area (Å²) in [5.74, 6) is 0. The first-order valence-corrected chi connectivity index (χ1v) is 9.56. The zero-order chi connectivity index (χ0) is 18.2. The fraction of sp³-hybridized carbons (Fsp3) is 0.500. The highest BCUT2D eigenvalue weighted by Crippen LogP contribution is 2.20. The van der Waals surface area contributed by atoms with Gasteiger partial charge in [-0.05, 0) is 51.7 Å². The quantitative estimate of drug-likeness (QED) is 0.250. The van der Waals surface area contributed by atoms with Crippen LogP contribution in [0.1, 0.15) is 79.6 Å². The highest BCUT2D eigenvalue weighted by molar-refractivity contribution is 5.44. The van der Waals surface area contributed by atoms with Crippen LogP contribution < -0.4 is 0 Å². The molecular formula is C24H38. The van der Waals surface area contributed by atoms with E-state index in [9.17, 15) is 0 Å². The number of hydrogen-bond acceptors (Lipinski definition) is 0. The number of hydrogen-bond donors (Lipinski definition) is 0. The maximum Gasteiger partial charge on any atom is -0.0230 e. The van der Waals surface area contributed by atoms with Gasteiger partial charge in [-0.1, -0.05) is 99.3 Å². The Hall–Kier alpha value is -1.56. The van der Waals surface area contributed by atoms with Gasteiger partial charge >= 0.3 is 0 Å². The Morgan fingerprint density at radius 2 is 1.50 bits per heavy atom. The van der Waals surface area contributed by atoms with Gasteiger partial charge in [-0.2, -0.15) is 0 Å². The van der Waals surface area contributed by atoms with E-state index in [1.54, 1.807) is 0 Å². The number of rotatable bonds is 12. The third kappa shape index (κ3) is 11.0. The molecule has 0 heterocycles. The zero-order valence-electron chi connectivity index (χ0n) is 16.7. The lowest BCUT2D eigenvalue weighted by Crippen LogP contribution is -1.89. The third-order valence-electron chi connectivity index (χ3n) is 4.20. The van der Waals surface area contributed by atoms with Crippen LogP contribution in [-0.4, -0.2) is 0 Å². The van der Waals surface area contributed by atoms with E-state index < -0.39 is 0 Å². The van der Waals surface area contributed by atoms with Gasteiger partial charge in [0.05, 0.1) is 0 Å². The molecule has 0 heteroatoms. The van der Waals surface area contributed by atoms with Gasteiger partial charge in [-0.25, -0.2) is 0 Å². The molecule has 0 bridgehead atoms. The summed E-state index contributed by atoms with van der Waals surface area (Å²) in [6, 6.07) is 0. The first-order chi connectivity index (χ1) is 11.6. The van der Waals surface area contributed by atoms with Crippen LogP contribution in [0.2, 0.25) is 0 Å². The summed E-state index contributed by atoms with van der Waals surface area (Å²) in [5.41, 5.74) is 5.22. The van der Waals surface area contributed by atoms with E-state index in [4.69, 9.17) is 0 Å². The van der Waals surface area contributed by atoms with E-state index in [-0.39, 0.29) is 0 Å². The van der Waals surface area contributed by atoms with Crippen molar-refractivity contribution in [3.8, 4) is 0 Å². The van der Waals surface area contributed by atoms with Crippen molar-refractivity contribution < 1.29 is 0 Å². The lowest BCUT2D eigenvalue weighted by Gasteiger charge is -2.08. The van der Waals surface area contributed by atoms with Gasteiger partial charge in [0.2, 0.25) is 0 Å². The van der Waals surface area contributed by atoms with Gasteiger partial charge in [-0.3, -0.25) is 0 Å². The van der Waals surface area contributed by atoms with Crippen LogP contribution in [0, 0.1) is 0 Å². The molecule has 0 amide bonds. The zero-order valence-corrected chi connectivity index (χ0v) is 16.7. The normalized spacial score (nSPS) is 14.5. The van der Waals surface area contributed by atoms with Gasteiger partial charge in [-0.15, -0.1) is 0 Å².